The Morgan fingerprint density at radius 1 is 1.23 bits per heavy atom. The summed E-state index contributed by atoms with van der Waals surface area (Å²) in [6.07, 6.45) is 0.443. The van der Waals surface area contributed by atoms with Crippen molar-refractivity contribution < 1.29 is 19.2 Å². The van der Waals surface area contributed by atoms with Gasteiger partial charge in [-0.3, -0.25) is 14.4 Å². The number of carbonyl (C=O) groups is 2. The molecule has 1 amide bonds. The van der Waals surface area contributed by atoms with Gasteiger partial charge < -0.3 is 4.74 Å². The van der Waals surface area contributed by atoms with Crippen molar-refractivity contribution >= 4 is 11.9 Å². The van der Waals surface area contributed by atoms with E-state index in [0.717, 1.165) is 10.6 Å². The zero-order chi connectivity index (χ0) is 16.5. The van der Waals surface area contributed by atoms with E-state index in [1.54, 1.807) is 20.8 Å². The molecule has 0 bridgehead atoms. The third-order valence-corrected chi connectivity index (χ3v) is 3.87. The average molecular weight is 305 g/mol. The maximum absolute atomic E-state index is 12.7. The van der Waals surface area contributed by atoms with Crippen molar-refractivity contribution in [1.82, 2.24) is 5.06 Å². The van der Waals surface area contributed by atoms with Crippen LogP contribution in [0, 0.1) is 5.41 Å². The summed E-state index contributed by atoms with van der Waals surface area (Å²) in [5.41, 5.74) is -0.856. The molecule has 5 heteroatoms. The van der Waals surface area contributed by atoms with Gasteiger partial charge >= 0.3 is 5.97 Å². The Hall–Kier alpha value is -1.88. The van der Waals surface area contributed by atoms with Crippen LogP contribution in [-0.4, -0.2) is 36.7 Å². The zero-order valence-electron chi connectivity index (χ0n) is 13.8. The average Bonchev–Trinajstić information content (AvgIpc) is 3.21. The number of ether oxygens (including phenoxy) is 1. The van der Waals surface area contributed by atoms with Crippen LogP contribution in [0.4, 0.5) is 0 Å². The lowest BCUT2D eigenvalue weighted by Crippen LogP contribution is -2.42. The third kappa shape index (κ3) is 2.99. The van der Waals surface area contributed by atoms with E-state index >= 15 is 0 Å². The molecule has 1 fully saturated rings. The minimum Gasteiger partial charge on any atom is -0.459 e. The van der Waals surface area contributed by atoms with Gasteiger partial charge in [0.1, 0.15) is 5.60 Å². The highest BCUT2D eigenvalue weighted by Crippen LogP contribution is 2.61. The number of esters is 1. The Bertz CT molecular complexity index is 564. The lowest BCUT2D eigenvalue weighted by molar-refractivity contribution is -0.185. The second-order valence-electron chi connectivity index (χ2n) is 6.63. The second kappa shape index (κ2) is 5.72. The number of benzene rings is 1. The Labute approximate surface area is 131 Å². The molecule has 1 aromatic carbocycles. The van der Waals surface area contributed by atoms with Gasteiger partial charge in [0.15, 0.2) is 5.41 Å². The fourth-order valence-corrected chi connectivity index (χ4v) is 2.63. The van der Waals surface area contributed by atoms with Crippen molar-refractivity contribution in [2.24, 2.45) is 5.41 Å². The summed E-state index contributed by atoms with van der Waals surface area (Å²) in [4.78, 5) is 30.3. The lowest BCUT2D eigenvalue weighted by Gasteiger charge is -2.26. The Balaban J connectivity index is 2.32. The van der Waals surface area contributed by atoms with Gasteiger partial charge in [-0.15, -0.1) is 0 Å². The summed E-state index contributed by atoms with van der Waals surface area (Å²) in [5.74, 6) is -1.02. The number of hydrogen-bond donors (Lipinski definition) is 0. The number of rotatable bonds is 4. The van der Waals surface area contributed by atoms with Crippen LogP contribution in [0.2, 0.25) is 0 Å². The fraction of sp³-hybridized carbons (Fsp3) is 0.529. The van der Waals surface area contributed by atoms with Crippen molar-refractivity contribution in [1.29, 1.82) is 0 Å². The Morgan fingerprint density at radius 2 is 1.82 bits per heavy atom. The van der Waals surface area contributed by atoms with E-state index in [1.807, 2.05) is 30.3 Å². The summed E-state index contributed by atoms with van der Waals surface area (Å²) in [6, 6.07) is 9.56. The molecule has 22 heavy (non-hydrogen) atoms. The molecule has 0 N–H and O–H groups in total. The fourth-order valence-electron chi connectivity index (χ4n) is 2.63. The van der Waals surface area contributed by atoms with Gasteiger partial charge in [-0.05, 0) is 32.8 Å². The molecule has 1 aliphatic rings. The molecular formula is C17H23NO4. The van der Waals surface area contributed by atoms with E-state index in [2.05, 4.69) is 0 Å². The van der Waals surface area contributed by atoms with Crippen LogP contribution in [0.3, 0.4) is 0 Å². The van der Waals surface area contributed by atoms with E-state index < -0.39 is 17.0 Å². The molecule has 1 aliphatic carbocycles. The summed E-state index contributed by atoms with van der Waals surface area (Å²) < 4.78 is 5.49. The predicted molar refractivity (Wildman–Crippen MR) is 81.9 cm³/mol. The van der Waals surface area contributed by atoms with Gasteiger partial charge in [0.25, 0.3) is 5.91 Å². The van der Waals surface area contributed by atoms with Crippen LogP contribution in [0.5, 0.6) is 0 Å². The van der Waals surface area contributed by atoms with E-state index in [9.17, 15) is 9.59 Å². The number of hydroxylamine groups is 2. The molecule has 0 aliphatic heterocycles. The highest BCUT2D eigenvalue weighted by Gasteiger charge is 2.68. The van der Waals surface area contributed by atoms with Crippen LogP contribution in [-0.2, 0) is 19.2 Å². The highest BCUT2D eigenvalue weighted by molar-refractivity contribution is 6.07. The smallest absolute Gasteiger partial charge is 0.322 e. The van der Waals surface area contributed by atoms with Crippen molar-refractivity contribution in [3.05, 3.63) is 35.9 Å². The van der Waals surface area contributed by atoms with Crippen LogP contribution in [0.15, 0.2) is 30.3 Å². The molecule has 0 aromatic heterocycles. The van der Waals surface area contributed by atoms with Crippen molar-refractivity contribution in [3.8, 4) is 0 Å². The summed E-state index contributed by atoms with van der Waals surface area (Å²) >= 11 is 0. The summed E-state index contributed by atoms with van der Waals surface area (Å²) in [7, 11) is 2.91. The molecule has 0 saturated heterocycles. The molecule has 5 nitrogen and oxygen atoms in total. The highest BCUT2D eigenvalue weighted by atomic mass is 16.7. The van der Waals surface area contributed by atoms with Crippen molar-refractivity contribution in [2.45, 2.75) is 38.7 Å². The maximum Gasteiger partial charge on any atom is 0.322 e. The van der Waals surface area contributed by atoms with Crippen LogP contribution < -0.4 is 0 Å². The van der Waals surface area contributed by atoms with E-state index in [-0.39, 0.29) is 11.8 Å². The van der Waals surface area contributed by atoms with Crippen LogP contribution >= 0.6 is 0 Å². The van der Waals surface area contributed by atoms with Gasteiger partial charge in [-0.25, -0.2) is 5.06 Å². The predicted octanol–water partition coefficient (Wildman–Crippen LogP) is 2.52. The molecule has 2 atom stereocenters. The first-order valence-corrected chi connectivity index (χ1v) is 7.33. The third-order valence-electron chi connectivity index (χ3n) is 3.87. The maximum atomic E-state index is 12.7. The number of carbonyl (C=O) groups excluding carboxylic acids is 2. The van der Waals surface area contributed by atoms with Crippen molar-refractivity contribution in [3.63, 3.8) is 0 Å². The van der Waals surface area contributed by atoms with Gasteiger partial charge in [0, 0.05) is 13.0 Å². The monoisotopic (exact) mass is 305 g/mol. The zero-order valence-corrected chi connectivity index (χ0v) is 13.8. The van der Waals surface area contributed by atoms with E-state index in [1.165, 1.54) is 14.2 Å². The molecule has 2 unspecified atom stereocenters. The first-order chi connectivity index (χ1) is 10.2. The first kappa shape index (κ1) is 16.5. The molecule has 2 rings (SSSR count). The second-order valence-corrected chi connectivity index (χ2v) is 6.63. The topological polar surface area (TPSA) is 55.8 Å². The molecular weight excluding hydrogens is 282 g/mol. The molecule has 0 radical (unpaired) electrons. The van der Waals surface area contributed by atoms with Crippen LogP contribution in [0.25, 0.3) is 0 Å². The van der Waals surface area contributed by atoms with Crippen LogP contribution in [0.1, 0.15) is 38.7 Å². The minimum atomic E-state index is -1.18. The number of nitrogens with zero attached hydrogens (tertiary/aromatic N) is 1. The normalized spacial score (nSPS) is 23.8. The SMILES string of the molecule is CON(C)C(=O)C1(C(=O)OC(C)(C)C)CC1c1ccccc1. The quantitative estimate of drug-likeness (QED) is 0.487. The molecule has 0 heterocycles. The molecule has 1 aromatic rings. The minimum absolute atomic E-state index is 0.173. The molecule has 1 saturated carbocycles. The van der Waals surface area contributed by atoms with E-state index in [4.69, 9.17) is 9.57 Å². The standard InChI is InChI=1S/C17H23NO4/c1-16(2,3)22-15(20)17(14(19)18(4)21-5)11-13(17)12-9-7-6-8-10-12/h6-10,13H,11H2,1-5H3. The van der Waals surface area contributed by atoms with Gasteiger partial charge in [-0.1, -0.05) is 30.3 Å². The van der Waals surface area contributed by atoms with Gasteiger partial charge in [-0.2, -0.15) is 0 Å². The lowest BCUT2D eigenvalue weighted by atomic mass is 9.97. The van der Waals surface area contributed by atoms with E-state index in [0.29, 0.717) is 6.42 Å². The molecule has 0 spiro atoms. The van der Waals surface area contributed by atoms with Gasteiger partial charge in [0.05, 0.1) is 7.11 Å². The first-order valence-electron chi connectivity index (χ1n) is 7.33. The Morgan fingerprint density at radius 3 is 2.32 bits per heavy atom. The summed E-state index contributed by atoms with van der Waals surface area (Å²) in [5, 5.41) is 1.10. The summed E-state index contributed by atoms with van der Waals surface area (Å²) in [6.45, 7) is 5.38. The van der Waals surface area contributed by atoms with Crippen molar-refractivity contribution in [2.75, 3.05) is 14.2 Å². The largest absolute Gasteiger partial charge is 0.459 e. The molecule has 120 valence electrons. The number of hydrogen-bond acceptors (Lipinski definition) is 4. The Kier molecular flexibility index (Phi) is 4.29. The number of amides is 1. The van der Waals surface area contributed by atoms with Gasteiger partial charge in [0.2, 0.25) is 0 Å².